The molecule has 0 spiro atoms. The number of rotatable bonds is 3. The maximum Gasteiger partial charge on any atom is 0.182 e. The summed E-state index contributed by atoms with van der Waals surface area (Å²) in [7, 11) is 1.73. The predicted octanol–water partition coefficient (Wildman–Crippen LogP) is 2.07. The summed E-state index contributed by atoms with van der Waals surface area (Å²) in [5.41, 5.74) is -0.347. The highest BCUT2D eigenvalue weighted by atomic mass is 16.5. The summed E-state index contributed by atoms with van der Waals surface area (Å²) in [6.07, 6.45) is 7.00. The lowest BCUT2D eigenvalue weighted by atomic mass is 9.93. The van der Waals surface area contributed by atoms with Gasteiger partial charge in [-0.15, -0.1) is 0 Å². The first kappa shape index (κ1) is 12.1. The summed E-state index contributed by atoms with van der Waals surface area (Å²) in [6.45, 7) is 0. The zero-order valence-electron chi connectivity index (χ0n) is 10.2. The lowest BCUT2D eigenvalue weighted by molar-refractivity contribution is -0.0349. The molecule has 0 amide bonds. The molecule has 5 heteroatoms. The molecule has 0 saturated heterocycles. The highest BCUT2D eigenvalue weighted by molar-refractivity contribution is 5.06. The third-order valence-electron chi connectivity index (χ3n) is 3.49. The zero-order valence-corrected chi connectivity index (χ0v) is 10.2. The number of H-pyrrole nitrogens is 1. The van der Waals surface area contributed by atoms with Crippen molar-refractivity contribution in [2.75, 3.05) is 7.11 Å². The minimum Gasteiger partial charge on any atom is -0.370 e. The van der Waals surface area contributed by atoms with Crippen molar-refractivity contribution in [2.24, 2.45) is 0 Å². The molecular formula is C12H18N4O. The maximum absolute atomic E-state index is 8.64. The number of nitriles is 1. The van der Waals surface area contributed by atoms with Gasteiger partial charge in [-0.25, -0.2) is 4.98 Å². The van der Waals surface area contributed by atoms with E-state index in [1.54, 1.807) is 7.11 Å². The number of nitrogens with one attached hydrogen (secondary N) is 1. The molecular weight excluding hydrogens is 216 g/mol. The van der Waals surface area contributed by atoms with Gasteiger partial charge in [0.15, 0.2) is 5.82 Å². The van der Waals surface area contributed by atoms with Crippen molar-refractivity contribution in [2.45, 2.75) is 50.5 Å². The van der Waals surface area contributed by atoms with Gasteiger partial charge in [-0.2, -0.15) is 10.4 Å². The first-order valence-corrected chi connectivity index (χ1v) is 6.14. The van der Waals surface area contributed by atoms with E-state index in [-0.39, 0.29) is 12.0 Å². The molecule has 1 aliphatic carbocycles. The maximum atomic E-state index is 8.64. The van der Waals surface area contributed by atoms with Crippen LogP contribution in [0, 0.1) is 11.3 Å². The van der Waals surface area contributed by atoms with Gasteiger partial charge < -0.3 is 4.74 Å². The minimum atomic E-state index is -0.347. The molecule has 17 heavy (non-hydrogen) atoms. The predicted molar refractivity (Wildman–Crippen MR) is 62.1 cm³/mol. The summed E-state index contributed by atoms with van der Waals surface area (Å²) in [4.78, 5) is 4.39. The molecule has 5 nitrogen and oxygen atoms in total. The van der Waals surface area contributed by atoms with Crippen LogP contribution in [-0.2, 0) is 16.8 Å². The van der Waals surface area contributed by atoms with Gasteiger partial charge in [0.2, 0.25) is 0 Å². The van der Waals surface area contributed by atoms with E-state index in [2.05, 4.69) is 21.3 Å². The van der Waals surface area contributed by atoms with Crippen LogP contribution in [0.1, 0.15) is 50.2 Å². The fraction of sp³-hybridized carbons (Fsp3) is 0.750. The Bertz CT molecular complexity index is 399. The van der Waals surface area contributed by atoms with Crippen LogP contribution in [0.3, 0.4) is 0 Å². The van der Waals surface area contributed by atoms with Crippen LogP contribution >= 0.6 is 0 Å². The van der Waals surface area contributed by atoms with Gasteiger partial charge >= 0.3 is 0 Å². The first-order valence-electron chi connectivity index (χ1n) is 6.14. The lowest BCUT2D eigenvalue weighted by Crippen LogP contribution is -2.29. The van der Waals surface area contributed by atoms with E-state index in [0.717, 1.165) is 25.7 Å². The second-order valence-corrected chi connectivity index (χ2v) is 4.55. The van der Waals surface area contributed by atoms with E-state index < -0.39 is 0 Å². The van der Waals surface area contributed by atoms with Crippen LogP contribution in [0.15, 0.2) is 0 Å². The van der Waals surface area contributed by atoms with Crippen LogP contribution in [0.25, 0.3) is 0 Å². The monoisotopic (exact) mass is 234 g/mol. The molecule has 1 aliphatic rings. The van der Waals surface area contributed by atoms with Crippen molar-refractivity contribution in [1.82, 2.24) is 15.2 Å². The summed E-state index contributed by atoms with van der Waals surface area (Å²) < 4.78 is 5.71. The van der Waals surface area contributed by atoms with E-state index in [9.17, 15) is 0 Å². The Kier molecular flexibility index (Phi) is 3.75. The average Bonchev–Trinajstić information content (AvgIpc) is 2.68. The minimum absolute atomic E-state index is 0.271. The number of ether oxygens (including phenoxy) is 1. The highest BCUT2D eigenvalue weighted by Crippen LogP contribution is 2.37. The van der Waals surface area contributed by atoms with Crippen LogP contribution in [-0.4, -0.2) is 22.3 Å². The van der Waals surface area contributed by atoms with Crippen molar-refractivity contribution in [3.8, 4) is 6.07 Å². The molecule has 2 rings (SSSR count). The molecule has 1 fully saturated rings. The van der Waals surface area contributed by atoms with Gasteiger partial charge in [-0.05, 0) is 12.8 Å². The normalized spacial score (nSPS) is 19.5. The highest BCUT2D eigenvalue weighted by Gasteiger charge is 2.36. The molecule has 1 aromatic heterocycles. The van der Waals surface area contributed by atoms with Gasteiger partial charge in [0, 0.05) is 7.11 Å². The van der Waals surface area contributed by atoms with Crippen LogP contribution in [0.2, 0.25) is 0 Å². The van der Waals surface area contributed by atoms with Gasteiger partial charge in [0.05, 0.1) is 12.5 Å². The van der Waals surface area contributed by atoms with Crippen molar-refractivity contribution < 1.29 is 4.74 Å². The number of hydrogen-bond acceptors (Lipinski definition) is 4. The van der Waals surface area contributed by atoms with Crippen LogP contribution in [0.5, 0.6) is 0 Å². The summed E-state index contributed by atoms with van der Waals surface area (Å²) in [6, 6.07) is 2.07. The Balaban J connectivity index is 2.23. The van der Waals surface area contributed by atoms with Gasteiger partial charge in [-0.3, -0.25) is 5.10 Å². The Morgan fingerprint density at radius 3 is 2.65 bits per heavy atom. The lowest BCUT2D eigenvalue weighted by Gasteiger charge is -2.27. The van der Waals surface area contributed by atoms with E-state index in [4.69, 9.17) is 10.00 Å². The van der Waals surface area contributed by atoms with Gasteiger partial charge in [0.1, 0.15) is 11.4 Å². The smallest absolute Gasteiger partial charge is 0.182 e. The zero-order chi connectivity index (χ0) is 12.1. The number of methoxy groups -OCH3 is 1. The number of aromatic nitrogens is 3. The summed E-state index contributed by atoms with van der Waals surface area (Å²) in [5.74, 6) is 1.34. The molecule has 0 aromatic carbocycles. The van der Waals surface area contributed by atoms with Gasteiger partial charge in [0.25, 0.3) is 0 Å². The molecule has 1 N–H and O–H groups in total. The first-order chi connectivity index (χ1) is 8.30. The second-order valence-electron chi connectivity index (χ2n) is 4.55. The van der Waals surface area contributed by atoms with E-state index in [1.165, 1.54) is 12.8 Å². The van der Waals surface area contributed by atoms with Crippen molar-refractivity contribution in [1.29, 1.82) is 5.26 Å². The Morgan fingerprint density at radius 1 is 1.35 bits per heavy atom. The SMILES string of the molecule is COC1(c2n[nH]c(CC#N)n2)CCCCCC1. The fourth-order valence-corrected chi connectivity index (χ4v) is 2.47. The second kappa shape index (κ2) is 5.28. The largest absolute Gasteiger partial charge is 0.370 e. The van der Waals surface area contributed by atoms with E-state index in [1.807, 2.05) is 0 Å². The number of nitrogens with zero attached hydrogens (tertiary/aromatic N) is 3. The molecule has 0 aliphatic heterocycles. The molecule has 1 saturated carbocycles. The van der Waals surface area contributed by atoms with Crippen LogP contribution in [0.4, 0.5) is 0 Å². The molecule has 1 aromatic rings. The third kappa shape index (κ3) is 2.47. The number of aromatic amines is 1. The van der Waals surface area contributed by atoms with E-state index >= 15 is 0 Å². The summed E-state index contributed by atoms with van der Waals surface area (Å²) >= 11 is 0. The van der Waals surface area contributed by atoms with Crippen molar-refractivity contribution >= 4 is 0 Å². The fourth-order valence-electron chi connectivity index (χ4n) is 2.47. The standard InChI is InChI=1S/C12H18N4O/c1-17-12(7-4-2-3-5-8-12)11-14-10(6-9-13)15-16-11/h2-8H2,1H3,(H,14,15,16). The van der Waals surface area contributed by atoms with Crippen LogP contribution < -0.4 is 0 Å². The Labute approximate surface area is 101 Å². The number of hydrogen-bond donors (Lipinski definition) is 1. The molecule has 0 radical (unpaired) electrons. The quantitative estimate of drug-likeness (QED) is 0.812. The van der Waals surface area contributed by atoms with Crippen molar-refractivity contribution in [3.63, 3.8) is 0 Å². The topological polar surface area (TPSA) is 74.6 Å². The average molecular weight is 234 g/mol. The van der Waals surface area contributed by atoms with E-state index in [0.29, 0.717) is 11.6 Å². The molecule has 0 atom stereocenters. The Morgan fingerprint density at radius 2 is 2.06 bits per heavy atom. The molecule has 92 valence electrons. The summed E-state index contributed by atoms with van der Waals surface area (Å²) in [5, 5.41) is 15.7. The van der Waals surface area contributed by atoms with Crippen molar-refractivity contribution in [3.05, 3.63) is 11.6 Å². The molecule has 0 unspecified atom stereocenters. The van der Waals surface area contributed by atoms with Gasteiger partial charge in [-0.1, -0.05) is 25.7 Å². The third-order valence-corrected chi connectivity index (χ3v) is 3.49. The molecule has 1 heterocycles. The molecule has 0 bridgehead atoms. The Hall–Kier alpha value is -1.41.